The molecular weight excluding hydrogens is 188 g/mol. The van der Waals surface area contributed by atoms with Crippen LogP contribution in [0, 0.1) is 11.8 Å². The van der Waals surface area contributed by atoms with Crippen LogP contribution in [0.15, 0.2) is 0 Å². The van der Waals surface area contributed by atoms with Crippen molar-refractivity contribution in [1.29, 1.82) is 0 Å². The van der Waals surface area contributed by atoms with Crippen LogP contribution in [0.4, 0.5) is 0 Å². The van der Waals surface area contributed by atoms with Gasteiger partial charge in [0, 0.05) is 18.6 Å². The molecule has 2 heterocycles. The molecular formula is C12H24N2O. The van der Waals surface area contributed by atoms with E-state index in [1.165, 1.54) is 32.2 Å². The van der Waals surface area contributed by atoms with Gasteiger partial charge in [-0.25, -0.2) is 0 Å². The van der Waals surface area contributed by atoms with Gasteiger partial charge in [-0.05, 0) is 51.7 Å². The zero-order valence-electron chi connectivity index (χ0n) is 9.82. The van der Waals surface area contributed by atoms with Gasteiger partial charge >= 0.3 is 0 Å². The van der Waals surface area contributed by atoms with Crippen molar-refractivity contribution >= 4 is 0 Å². The molecule has 2 fully saturated rings. The van der Waals surface area contributed by atoms with Crippen LogP contribution in [-0.2, 0) is 4.74 Å². The van der Waals surface area contributed by atoms with Crippen LogP contribution in [0.2, 0.25) is 0 Å². The van der Waals surface area contributed by atoms with E-state index in [1.54, 1.807) is 0 Å². The predicted octanol–water partition coefficient (Wildman–Crippen LogP) is 1.08. The first-order valence-electron chi connectivity index (χ1n) is 6.31. The quantitative estimate of drug-likeness (QED) is 0.744. The van der Waals surface area contributed by atoms with E-state index in [-0.39, 0.29) is 0 Å². The molecule has 0 saturated carbocycles. The second kappa shape index (κ2) is 5.28. The molecule has 3 heteroatoms. The Morgan fingerprint density at radius 2 is 2.27 bits per heavy atom. The highest BCUT2D eigenvalue weighted by Gasteiger charge is 2.36. The molecule has 0 aromatic rings. The Labute approximate surface area is 93.0 Å². The average molecular weight is 212 g/mol. The zero-order chi connectivity index (χ0) is 10.7. The third-order valence-electron chi connectivity index (χ3n) is 4.16. The normalized spacial score (nSPS) is 38.4. The highest BCUT2D eigenvalue weighted by atomic mass is 16.5. The molecule has 0 amide bonds. The summed E-state index contributed by atoms with van der Waals surface area (Å²) in [4.78, 5) is 2.55. The minimum absolute atomic E-state index is 0.731. The van der Waals surface area contributed by atoms with Crippen molar-refractivity contribution in [3.05, 3.63) is 0 Å². The number of ether oxygens (including phenoxy) is 1. The SMILES string of the molecule is CN1CCCC(CCN)C2COCCC21. The molecule has 2 aliphatic heterocycles. The third kappa shape index (κ3) is 2.52. The van der Waals surface area contributed by atoms with Crippen molar-refractivity contribution < 1.29 is 4.74 Å². The molecule has 2 saturated heterocycles. The summed E-state index contributed by atoms with van der Waals surface area (Å²) in [5.41, 5.74) is 5.71. The van der Waals surface area contributed by atoms with Crippen LogP contribution in [0.25, 0.3) is 0 Å². The van der Waals surface area contributed by atoms with Crippen LogP contribution >= 0.6 is 0 Å². The fourth-order valence-electron chi connectivity index (χ4n) is 3.30. The van der Waals surface area contributed by atoms with Gasteiger partial charge in [0.2, 0.25) is 0 Å². The third-order valence-corrected chi connectivity index (χ3v) is 4.16. The molecule has 0 aromatic carbocycles. The number of fused-ring (bicyclic) bond motifs is 1. The molecule has 2 rings (SSSR count). The first-order chi connectivity index (χ1) is 7.33. The predicted molar refractivity (Wildman–Crippen MR) is 61.7 cm³/mol. The highest BCUT2D eigenvalue weighted by Crippen LogP contribution is 2.33. The lowest BCUT2D eigenvalue weighted by molar-refractivity contribution is -0.0196. The molecule has 0 bridgehead atoms. The maximum atomic E-state index is 5.71. The van der Waals surface area contributed by atoms with Gasteiger partial charge in [-0.15, -0.1) is 0 Å². The van der Waals surface area contributed by atoms with Crippen molar-refractivity contribution in [3.8, 4) is 0 Å². The van der Waals surface area contributed by atoms with Crippen LogP contribution in [-0.4, -0.2) is 44.3 Å². The molecule has 3 unspecified atom stereocenters. The van der Waals surface area contributed by atoms with Crippen molar-refractivity contribution in [3.63, 3.8) is 0 Å². The molecule has 0 aromatic heterocycles. The molecule has 15 heavy (non-hydrogen) atoms. The van der Waals surface area contributed by atoms with Gasteiger partial charge in [-0.1, -0.05) is 0 Å². The molecule has 3 nitrogen and oxygen atoms in total. The Balaban J connectivity index is 2.06. The molecule has 3 atom stereocenters. The molecule has 88 valence electrons. The number of rotatable bonds is 2. The van der Waals surface area contributed by atoms with Gasteiger partial charge in [0.25, 0.3) is 0 Å². The summed E-state index contributed by atoms with van der Waals surface area (Å²) in [5, 5.41) is 0. The summed E-state index contributed by atoms with van der Waals surface area (Å²) in [6.07, 6.45) is 5.06. The average Bonchev–Trinajstić information content (AvgIpc) is 2.41. The first kappa shape index (κ1) is 11.4. The van der Waals surface area contributed by atoms with Crippen LogP contribution in [0.5, 0.6) is 0 Å². The lowest BCUT2D eigenvalue weighted by atomic mass is 9.80. The Morgan fingerprint density at radius 3 is 3.07 bits per heavy atom. The van der Waals surface area contributed by atoms with Crippen LogP contribution in [0.3, 0.4) is 0 Å². The van der Waals surface area contributed by atoms with Gasteiger partial charge in [0.15, 0.2) is 0 Å². The zero-order valence-corrected chi connectivity index (χ0v) is 9.82. The number of nitrogens with zero attached hydrogens (tertiary/aromatic N) is 1. The van der Waals surface area contributed by atoms with E-state index in [0.717, 1.165) is 37.6 Å². The summed E-state index contributed by atoms with van der Waals surface area (Å²) >= 11 is 0. The van der Waals surface area contributed by atoms with Crippen molar-refractivity contribution in [1.82, 2.24) is 4.90 Å². The molecule has 0 aliphatic carbocycles. The van der Waals surface area contributed by atoms with E-state index in [0.29, 0.717) is 0 Å². The van der Waals surface area contributed by atoms with Crippen molar-refractivity contribution in [2.24, 2.45) is 17.6 Å². The Morgan fingerprint density at radius 1 is 1.40 bits per heavy atom. The molecule has 0 spiro atoms. The minimum Gasteiger partial charge on any atom is -0.381 e. The molecule has 2 aliphatic rings. The van der Waals surface area contributed by atoms with E-state index in [1.807, 2.05) is 0 Å². The Bertz CT molecular complexity index is 198. The lowest BCUT2D eigenvalue weighted by Gasteiger charge is -2.39. The fraction of sp³-hybridized carbons (Fsp3) is 1.00. The Hall–Kier alpha value is -0.120. The van der Waals surface area contributed by atoms with Crippen LogP contribution < -0.4 is 5.73 Å². The molecule has 0 radical (unpaired) electrons. The molecule has 2 N–H and O–H groups in total. The first-order valence-corrected chi connectivity index (χ1v) is 6.31. The van der Waals surface area contributed by atoms with Gasteiger partial charge in [0.05, 0.1) is 6.61 Å². The number of hydrogen-bond donors (Lipinski definition) is 1. The standard InChI is InChI=1S/C12H24N2O/c1-14-7-2-3-10(4-6-13)11-9-15-8-5-12(11)14/h10-12H,2-9,13H2,1H3. The smallest absolute Gasteiger partial charge is 0.0511 e. The topological polar surface area (TPSA) is 38.5 Å². The maximum absolute atomic E-state index is 5.71. The van der Waals surface area contributed by atoms with E-state index < -0.39 is 0 Å². The number of nitrogens with two attached hydrogens (primary N) is 1. The minimum atomic E-state index is 0.731. The van der Waals surface area contributed by atoms with E-state index >= 15 is 0 Å². The highest BCUT2D eigenvalue weighted by molar-refractivity contribution is 4.88. The summed E-state index contributed by atoms with van der Waals surface area (Å²) in [5.74, 6) is 1.53. The van der Waals surface area contributed by atoms with Crippen molar-refractivity contribution in [2.75, 3.05) is 33.4 Å². The van der Waals surface area contributed by atoms with Crippen LogP contribution in [0.1, 0.15) is 25.7 Å². The summed E-state index contributed by atoms with van der Waals surface area (Å²) < 4.78 is 5.65. The summed E-state index contributed by atoms with van der Waals surface area (Å²) in [7, 11) is 2.27. The summed E-state index contributed by atoms with van der Waals surface area (Å²) in [6.45, 7) is 3.99. The largest absolute Gasteiger partial charge is 0.381 e. The van der Waals surface area contributed by atoms with E-state index in [2.05, 4.69) is 11.9 Å². The van der Waals surface area contributed by atoms with Gasteiger partial charge in [-0.3, -0.25) is 0 Å². The number of hydrogen-bond acceptors (Lipinski definition) is 3. The maximum Gasteiger partial charge on any atom is 0.0511 e. The van der Waals surface area contributed by atoms with Gasteiger partial charge in [0.1, 0.15) is 0 Å². The van der Waals surface area contributed by atoms with Crippen molar-refractivity contribution in [2.45, 2.75) is 31.7 Å². The van der Waals surface area contributed by atoms with Gasteiger partial charge < -0.3 is 15.4 Å². The monoisotopic (exact) mass is 212 g/mol. The lowest BCUT2D eigenvalue weighted by Crippen LogP contribution is -2.45. The number of likely N-dealkylation sites (tertiary alicyclic amines) is 1. The Kier molecular flexibility index (Phi) is 4.00. The fourth-order valence-corrected chi connectivity index (χ4v) is 3.30. The van der Waals surface area contributed by atoms with E-state index in [9.17, 15) is 0 Å². The summed E-state index contributed by atoms with van der Waals surface area (Å²) in [6, 6.07) is 0.748. The second-order valence-electron chi connectivity index (χ2n) is 5.06. The van der Waals surface area contributed by atoms with E-state index in [4.69, 9.17) is 10.5 Å². The van der Waals surface area contributed by atoms with Gasteiger partial charge in [-0.2, -0.15) is 0 Å². The second-order valence-corrected chi connectivity index (χ2v) is 5.06.